The lowest BCUT2D eigenvalue weighted by molar-refractivity contribution is 0.745. The van der Waals surface area contributed by atoms with Gasteiger partial charge in [0.2, 0.25) is 0 Å². The van der Waals surface area contributed by atoms with Gasteiger partial charge in [-0.15, -0.1) is 0 Å². The molecule has 10 aromatic carbocycles. The van der Waals surface area contributed by atoms with Crippen LogP contribution in [0.3, 0.4) is 0 Å². The van der Waals surface area contributed by atoms with Crippen molar-refractivity contribution in [3.8, 4) is 66.8 Å². The van der Waals surface area contributed by atoms with E-state index in [-0.39, 0.29) is 6.04 Å². The van der Waals surface area contributed by atoms with Crippen LogP contribution >= 0.6 is 0 Å². The van der Waals surface area contributed by atoms with Crippen LogP contribution in [0.5, 0.6) is 0 Å². The summed E-state index contributed by atoms with van der Waals surface area (Å²) < 4.78 is 0. The third-order valence-corrected chi connectivity index (χ3v) is 13.8. The zero-order valence-electron chi connectivity index (χ0n) is 36.6. The summed E-state index contributed by atoms with van der Waals surface area (Å²) in [5.74, 6) is 0.299. The topological polar surface area (TPSA) is 3.24 Å². The van der Waals surface area contributed by atoms with E-state index in [9.17, 15) is 0 Å². The van der Waals surface area contributed by atoms with Gasteiger partial charge in [0, 0.05) is 17.3 Å². The molecular weight excluding hydrogens is 783 g/mol. The van der Waals surface area contributed by atoms with Crippen LogP contribution in [0.25, 0.3) is 88.3 Å². The molecule has 12 rings (SSSR count). The Bertz CT molecular complexity index is 3450. The molecule has 10 aromatic rings. The Labute approximate surface area is 381 Å². The Balaban J connectivity index is 1.04. The number of nitrogens with zero attached hydrogens (tertiary/aromatic N) is 1. The summed E-state index contributed by atoms with van der Waals surface area (Å²) in [5, 5.41) is 4.98. The molecule has 0 spiro atoms. The van der Waals surface area contributed by atoms with Crippen molar-refractivity contribution in [2.75, 3.05) is 4.90 Å². The summed E-state index contributed by atoms with van der Waals surface area (Å²) in [7, 11) is 0. The Morgan fingerprint density at radius 2 is 0.723 bits per heavy atom. The summed E-state index contributed by atoms with van der Waals surface area (Å²) in [6, 6.07) is 79.4. The molecule has 2 aliphatic rings. The van der Waals surface area contributed by atoms with Gasteiger partial charge in [-0.05, 0) is 144 Å². The lowest BCUT2D eigenvalue weighted by Gasteiger charge is -2.28. The molecule has 2 unspecified atom stereocenters. The Kier molecular flexibility index (Phi) is 9.50. The van der Waals surface area contributed by atoms with Gasteiger partial charge in [-0.2, -0.15) is 0 Å². The molecule has 0 saturated carbocycles. The van der Waals surface area contributed by atoms with E-state index in [1.807, 2.05) is 0 Å². The van der Waals surface area contributed by atoms with Crippen molar-refractivity contribution in [3.63, 3.8) is 0 Å². The summed E-state index contributed by atoms with van der Waals surface area (Å²) >= 11 is 0. The van der Waals surface area contributed by atoms with Gasteiger partial charge in [-0.3, -0.25) is 0 Å². The molecule has 0 fully saturated rings. The monoisotopic (exact) mass is 829 g/mol. The van der Waals surface area contributed by atoms with E-state index < -0.39 is 0 Å². The van der Waals surface area contributed by atoms with Gasteiger partial charge in [0.15, 0.2) is 0 Å². The van der Waals surface area contributed by atoms with E-state index >= 15 is 0 Å². The molecule has 0 radical (unpaired) electrons. The van der Waals surface area contributed by atoms with Gasteiger partial charge >= 0.3 is 0 Å². The van der Waals surface area contributed by atoms with E-state index in [0.717, 1.165) is 0 Å². The fourth-order valence-corrected chi connectivity index (χ4v) is 10.4. The largest absolute Gasteiger partial charge is 0.333 e. The number of aryl methyl sites for hydroxylation is 2. The van der Waals surface area contributed by atoms with Gasteiger partial charge in [-0.25, -0.2) is 0 Å². The second-order valence-electron chi connectivity index (χ2n) is 17.8. The minimum Gasteiger partial charge on any atom is -0.333 e. The van der Waals surface area contributed by atoms with Crippen molar-refractivity contribution in [1.29, 1.82) is 0 Å². The summed E-state index contributed by atoms with van der Waals surface area (Å²) in [4.78, 5) is 2.50. The van der Waals surface area contributed by atoms with Gasteiger partial charge in [0.1, 0.15) is 0 Å². The number of hydrogen-bond donors (Lipinski definition) is 0. The minimum atomic E-state index is 0.262. The first-order valence-electron chi connectivity index (χ1n) is 22.8. The number of rotatable bonds is 7. The molecule has 1 heteroatoms. The van der Waals surface area contributed by atoms with Crippen LogP contribution in [0, 0.1) is 13.8 Å². The average Bonchev–Trinajstić information content (AvgIpc) is 3.70. The summed E-state index contributed by atoms with van der Waals surface area (Å²) in [5.41, 5.74) is 21.1. The van der Waals surface area contributed by atoms with Crippen LogP contribution in [0.4, 0.5) is 11.4 Å². The molecule has 1 aliphatic carbocycles. The van der Waals surface area contributed by atoms with Crippen molar-refractivity contribution < 1.29 is 0 Å². The molecule has 2 atom stereocenters. The smallest absolute Gasteiger partial charge is 0.0629 e. The van der Waals surface area contributed by atoms with Gasteiger partial charge in [-0.1, -0.05) is 211 Å². The van der Waals surface area contributed by atoms with Crippen LogP contribution in [-0.2, 0) is 0 Å². The van der Waals surface area contributed by atoms with E-state index in [0.29, 0.717) is 5.92 Å². The highest BCUT2D eigenvalue weighted by atomic mass is 15.2. The van der Waals surface area contributed by atoms with Gasteiger partial charge < -0.3 is 4.90 Å². The second kappa shape index (κ2) is 16.0. The minimum absolute atomic E-state index is 0.262. The number of anilines is 2. The maximum atomic E-state index is 2.50. The lowest BCUT2D eigenvalue weighted by Crippen LogP contribution is -2.28. The third-order valence-electron chi connectivity index (χ3n) is 13.8. The molecule has 0 bridgehead atoms. The maximum absolute atomic E-state index is 2.50. The van der Waals surface area contributed by atoms with Gasteiger partial charge in [0.25, 0.3) is 0 Å². The fourth-order valence-electron chi connectivity index (χ4n) is 10.4. The van der Waals surface area contributed by atoms with E-state index in [4.69, 9.17) is 0 Å². The zero-order valence-corrected chi connectivity index (χ0v) is 36.6. The first kappa shape index (κ1) is 38.7. The quantitative estimate of drug-likeness (QED) is 0.145. The van der Waals surface area contributed by atoms with E-state index in [2.05, 4.69) is 255 Å². The SMILES string of the molecule is Cc1ccc(-c2ccc3c(-c4ccc(-c5ccc6c(c5)C5C=CC=CC5N6c5ccccc5)cc4)c4cc(-c5ccc(C)cc5)ccc4c(-c4ccc(-c5ccccc5)cc4)c3c2)cc1. The first-order valence-corrected chi connectivity index (χ1v) is 22.8. The lowest BCUT2D eigenvalue weighted by atomic mass is 9.83. The molecule has 0 aromatic heterocycles. The van der Waals surface area contributed by atoms with Crippen LogP contribution in [0.2, 0.25) is 0 Å². The number of para-hydroxylation sites is 1. The standard InChI is InChI=1S/C64H47N/c1-42-17-21-46(22-18-42)51-34-37-57-59(40-51)63(49-29-25-45(26-30-49)44-11-5-3-6-12-44)56-36-33-52(47-23-19-43(2)20-24-47)41-60(56)64(57)50-31-27-48(28-32-50)53-35-38-62-58(39-53)55-15-9-10-16-61(55)65(62)54-13-7-4-8-14-54/h3-41,55,61H,1-2H3. The number of benzene rings is 10. The molecule has 1 nitrogen and oxygen atoms in total. The second-order valence-corrected chi connectivity index (χ2v) is 17.8. The van der Waals surface area contributed by atoms with Crippen LogP contribution in [-0.4, -0.2) is 6.04 Å². The van der Waals surface area contributed by atoms with E-state index in [1.165, 1.54) is 116 Å². The third kappa shape index (κ3) is 6.89. The maximum Gasteiger partial charge on any atom is 0.0629 e. The molecular formula is C64H47N. The highest BCUT2D eigenvalue weighted by Crippen LogP contribution is 2.50. The van der Waals surface area contributed by atoms with Gasteiger partial charge in [0.05, 0.1) is 6.04 Å². The molecule has 0 saturated heterocycles. The zero-order chi connectivity index (χ0) is 43.4. The van der Waals surface area contributed by atoms with Crippen LogP contribution in [0.1, 0.15) is 22.6 Å². The molecule has 65 heavy (non-hydrogen) atoms. The van der Waals surface area contributed by atoms with E-state index in [1.54, 1.807) is 0 Å². The first-order chi connectivity index (χ1) is 32.0. The van der Waals surface area contributed by atoms with Crippen molar-refractivity contribution in [2.24, 2.45) is 0 Å². The Morgan fingerprint density at radius 3 is 1.26 bits per heavy atom. The predicted octanol–water partition coefficient (Wildman–Crippen LogP) is 17.3. The molecule has 0 N–H and O–H groups in total. The highest BCUT2D eigenvalue weighted by molar-refractivity contribution is 6.22. The molecule has 0 amide bonds. The van der Waals surface area contributed by atoms with Crippen molar-refractivity contribution >= 4 is 32.9 Å². The van der Waals surface area contributed by atoms with Crippen molar-refractivity contribution in [1.82, 2.24) is 0 Å². The average molecular weight is 830 g/mol. The summed E-state index contributed by atoms with van der Waals surface area (Å²) in [6.07, 6.45) is 9.11. The number of hydrogen-bond acceptors (Lipinski definition) is 1. The molecule has 1 aliphatic heterocycles. The van der Waals surface area contributed by atoms with Crippen molar-refractivity contribution in [2.45, 2.75) is 25.8 Å². The highest BCUT2D eigenvalue weighted by Gasteiger charge is 2.37. The molecule has 308 valence electrons. The van der Waals surface area contributed by atoms with Crippen LogP contribution in [0.15, 0.2) is 237 Å². The Morgan fingerprint density at radius 1 is 0.323 bits per heavy atom. The normalized spacial score (nSPS) is 15.1. The summed E-state index contributed by atoms with van der Waals surface area (Å²) in [6.45, 7) is 4.31. The predicted molar refractivity (Wildman–Crippen MR) is 277 cm³/mol. The van der Waals surface area contributed by atoms with Crippen molar-refractivity contribution in [3.05, 3.63) is 253 Å². The Hall–Kier alpha value is -8.00. The van der Waals surface area contributed by atoms with Crippen LogP contribution < -0.4 is 4.90 Å². The number of allylic oxidation sites excluding steroid dienone is 2. The number of fused-ring (bicyclic) bond motifs is 5. The molecule has 1 heterocycles. The fraction of sp³-hybridized carbons (Fsp3) is 0.0625.